The normalized spacial score (nSPS) is 14.2. The number of hydrogen-bond donors (Lipinski definition) is 3. The molecule has 0 saturated carbocycles. The van der Waals surface area contributed by atoms with Gasteiger partial charge in [0.15, 0.2) is 0 Å². The first kappa shape index (κ1) is 22.3. The summed E-state index contributed by atoms with van der Waals surface area (Å²) in [5.41, 5.74) is 4.39. The number of fused-ring (bicyclic) bond motifs is 2. The third-order valence-corrected chi connectivity index (χ3v) is 6.68. The minimum absolute atomic E-state index is 0.298. The van der Waals surface area contributed by atoms with Gasteiger partial charge in [-0.15, -0.1) is 0 Å². The van der Waals surface area contributed by atoms with E-state index in [2.05, 4.69) is 39.0 Å². The zero-order valence-corrected chi connectivity index (χ0v) is 20.0. The van der Waals surface area contributed by atoms with Gasteiger partial charge in [-0.25, -0.2) is 4.79 Å². The van der Waals surface area contributed by atoms with Gasteiger partial charge in [0.1, 0.15) is 11.3 Å². The second-order valence-electron chi connectivity index (χ2n) is 9.16. The number of nitrogens with one attached hydrogen (secondary N) is 3. The predicted molar refractivity (Wildman–Crippen MR) is 146 cm³/mol. The molecular weight excluding hydrogens is 448 g/mol. The summed E-state index contributed by atoms with van der Waals surface area (Å²) in [5, 5.41) is 12.5. The van der Waals surface area contributed by atoms with E-state index in [4.69, 9.17) is 4.42 Å². The molecule has 2 amide bonds. The smallest absolute Gasteiger partial charge is 0.323 e. The largest absolute Gasteiger partial charge is 0.456 e. The molecule has 5 aromatic rings. The van der Waals surface area contributed by atoms with E-state index < -0.39 is 0 Å². The Kier molecular flexibility index (Phi) is 6.11. The lowest BCUT2D eigenvalue weighted by Crippen LogP contribution is -2.42. The summed E-state index contributed by atoms with van der Waals surface area (Å²) in [6.45, 7) is 5.10. The van der Waals surface area contributed by atoms with E-state index in [1.165, 1.54) is 5.56 Å². The van der Waals surface area contributed by atoms with Gasteiger partial charge in [-0.05, 0) is 41.3 Å². The SMILES string of the molecule is O=C(Nc1ccccc1-c1cc2ccc(CN3CCNCC3)cc2o1)Nc1cccc2ccccc12. The number of urea groups is 1. The maximum atomic E-state index is 13.0. The molecule has 3 N–H and O–H groups in total. The van der Waals surface area contributed by atoms with Crippen LogP contribution in [0.15, 0.2) is 95.4 Å². The molecule has 1 aliphatic rings. The molecular formula is C30H28N4O2. The number of nitrogens with zero attached hydrogens (tertiary/aromatic N) is 1. The van der Waals surface area contributed by atoms with Gasteiger partial charge in [0, 0.05) is 49.1 Å². The molecule has 2 heterocycles. The Bertz CT molecular complexity index is 1530. The third-order valence-electron chi connectivity index (χ3n) is 6.68. The van der Waals surface area contributed by atoms with Crippen LogP contribution in [0.2, 0.25) is 0 Å². The fraction of sp³-hybridized carbons (Fsp3) is 0.167. The third kappa shape index (κ3) is 4.69. The summed E-state index contributed by atoms with van der Waals surface area (Å²) in [6.07, 6.45) is 0. The van der Waals surface area contributed by atoms with Crippen molar-refractivity contribution in [2.45, 2.75) is 6.54 Å². The van der Waals surface area contributed by atoms with Gasteiger partial charge in [0.25, 0.3) is 0 Å². The Hall–Kier alpha value is -4.13. The fourth-order valence-electron chi connectivity index (χ4n) is 4.85. The Labute approximate surface area is 209 Å². The summed E-state index contributed by atoms with van der Waals surface area (Å²) < 4.78 is 6.28. The zero-order chi connectivity index (χ0) is 24.3. The van der Waals surface area contributed by atoms with Crippen LogP contribution in [0.1, 0.15) is 5.56 Å². The van der Waals surface area contributed by atoms with Crippen molar-refractivity contribution in [2.75, 3.05) is 36.8 Å². The van der Waals surface area contributed by atoms with Crippen LogP contribution >= 0.6 is 0 Å². The van der Waals surface area contributed by atoms with Crippen LogP contribution in [0.5, 0.6) is 0 Å². The van der Waals surface area contributed by atoms with Crippen LogP contribution in [0.4, 0.5) is 16.2 Å². The van der Waals surface area contributed by atoms with Crippen LogP contribution < -0.4 is 16.0 Å². The minimum atomic E-state index is -0.298. The summed E-state index contributed by atoms with van der Waals surface area (Å²) >= 11 is 0. The van der Waals surface area contributed by atoms with Gasteiger partial charge in [-0.2, -0.15) is 0 Å². The van der Waals surface area contributed by atoms with Crippen molar-refractivity contribution < 1.29 is 9.21 Å². The van der Waals surface area contributed by atoms with Crippen molar-refractivity contribution in [2.24, 2.45) is 0 Å². The number of hydrogen-bond acceptors (Lipinski definition) is 4. The summed E-state index contributed by atoms with van der Waals surface area (Å²) in [4.78, 5) is 15.4. The molecule has 1 aromatic heterocycles. The molecule has 4 aromatic carbocycles. The van der Waals surface area contributed by atoms with Crippen molar-refractivity contribution in [1.82, 2.24) is 10.2 Å². The van der Waals surface area contributed by atoms with Crippen LogP contribution in [-0.4, -0.2) is 37.1 Å². The first-order chi connectivity index (χ1) is 17.7. The van der Waals surface area contributed by atoms with Gasteiger partial charge in [0.2, 0.25) is 0 Å². The second-order valence-corrected chi connectivity index (χ2v) is 9.16. The summed E-state index contributed by atoms with van der Waals surface area (Å²) in [7, 11) is 0. The van der Waals surface area contributed by atoms with Crippen molar-refractivity contribution in [3.05, 3.63) is 96.6 Å². The summed E-state index contributed by atoms with van der Waals surface area (Å²) in [5.74, 6) is 0.727. The maximum absolute atomic E-state index is 13.0. The Morgan fingerprint density at radius 2 is 1.56 bits per heavy atom. The molecule has 0 bridgehead atoms. The molecule has 6 nitrogen and oxygen atoms in total. The molecule has 180 valence electrons. The minimum Gasteiger partial charge on any atom is -0.456 e. The number of carbonyl (C=O) groups is 1. The lowest BCUT2D eigenvalue weighted by atomic mass is 10.1. The van der Waals surface area contributed by atoms with E-state index in [1.807, 2.05) is 72.8 Å². The molecule has 1 fully saturated rings. The standard InChI is InChI=1S/C30H28N4O2/c35-30(32-26-11-5-7-22-6-1-2-8-24(22)26)33-27-10-4-3-9-25(27)29-19-23-13-12-21(18-28(23)36-29)20-34-16-14-31-15-17-34/h1-13,18-19,31H,14-17,20H2,(H2,32,33,35). The lowest BCUT2D eigenvalue weighted by molar-refractivity contribution is 0.233. The molecule has 1 aliphatic heterocycles. The topological polar surface area (TPSA) is 69.5 Å². The zero-order valence-electron chi connectivity index (χ0n) is 20.0. The van der Waals surface area contributed by atoms with E-state index >= 15 is 0 Å². The lowest BCUT2D eigenvalue weighted by Gasteiger charge is -2.27. The Morgan fingerprint density at radius 3 is 2.47 bits per heavy atom. The first-order valence-electron chi connectivity index (χ1n) is 12.3. The van der Waals surface area contributed by atoms with Gasteiger partial charge >= 0.3 is 6.03 Å². The van der Waals surface area contributed by atoms with Crippen molar-refractivity contribution >= 4 is 39.1 Å². The van der Waals surface area contributed by atoms with Crippen molar-refractivity contribution in [3.8, 4) is 11.3 Å². The molecule has 0 spiro atoms. The molecule has 0 atom stereocenters. The molecule has 6 heteroatoms. The quantitative estimate of drug-likeness (QED) is 0.278. The number of furan rings is 1. The average molecular weight is 477 g/mol. The van der Waals surface area contributed by atoms with Gasteiger partial charge in [0.05, 0.1) is 11.4 Å². The number of rotatable bonds is 5. The molecule has 0 unspecified atom stereocenters. The Morgan fingerprint density at radius 1 is 0.806 bits per heavy atom. The number of piperazine rings is 1. The van der Waals surface area contributed by atoms with Crippen LogP contribution in [0, 0.1) is 0 Å². The van der Waals surface area contributed by atoms with E-state index in [0.717, 1.165) is 71.5 Å². The molecule has 36 heavy (non-hydrogen) atoms. The second kappa shape index (κ2) is 9.85. The van der Waals surface area contributed by atoms with Crippen molar-refractivity contribution in [1.29, 1.82) is 0 Å². The van der Waals surface area contributed by atoms with Gasteiger partial charge < -0.3 is 20.4 Å². The van der Waals surface area contributed by atoms with Crippen molar-refractivity contribution in [3.63, 3.8) is 0 Å². The average Bonchev–Trinajstić information content (AvgIpc) is 3.33. The highest BCUT2D eigenvalue weighted by Gasteiger charge is 2.15. The number of para-hydroxylation sites is 1. The van der Waals surface area contributed by atoms with E-state index in [-0.39, 0.29) is 6.03 Å². The number of benzene rings is 4. The first-order valence-corrected chi connectivity index (χ1v) is 12.3. The van der Waals surface area contributed by atoms with Gasteiger partial charge in [-0.1, -0.05) is 60.7 Å². The van der Waals surface area contributed by atoms with Gasteiger partial charge in [-0.3, -0.25) is 4.90 Å². The maximum Gasteiger partial charge on any atom is 0.323 e. The monoisotopic (exact) mass is 476 g/mol. The van der Waals surface area contributed by atoms with E-state index in [9.17, 15) is 4.79 Å². The highest BCUT2D eigenvalue weighted by molar-refractivity contribution is 6.07. The number of amides is 2. The van der Waals surface area contributed by atoms with Crippen LogP contribution in [0.25, 0.3) is 33.1 Å². The van der Waals surface area contributed by atoms with E-state index in [0.29, 0.717) is 5.69 Å². The van der Waals surface area contributed by atoms with Crippen LogP contribution in [-0.2, 0) is 6.54 Å². The van der Waals surface area contributed by atoms with E-state index in [1.54, 1.807) is 0 Å². The Balaban J connectivity index is 1.23. The number of carbonyl (C=O) groups excluding carboxylic acids is 1. The molecule has 0 aliphatic carbocycles. The molecule has 6 rings (SSSR count). The number of anilines is 2. The van der Waals surface area contributed by atoms with Crippen LogP contribution in [0.3, 0.4) is 0 Å². The fourth-order valence-corrected chi connectivity index (χ4v) is 4.85. The molecule has 1 saturated heterocycles. The highest BCUT2D eigenvalue weighted by atomic mass is 16.3. The summed E-state index contributed by atoms with van der Waals surface area (Å²) in [6, 6.07) is 29.7. The predicted octanol–water partition coefficient (Wildman–Crippen LogP) is 6.30. The highest BCUT2D eigenvalue weighted by Crippen LogP contribution is 2.33. The molecule has 0 radical (unpaired) electrons.